The maximum absolute atomic E-state index is 12.8. The summed E-state index contributed by atoms with van der Waals surface area (Å²) >= 11 is 0. The molecule has 3 heteroatoms. The molecule has 1 heterocycles. The van der Waals surface area contributed by atoms with Gasteiger partial charge >= 0.3 is 0 Å². The molecule has 3 atom stereocenters. The predicted molar refractivity (Wildman–Crippen MR) is 111 cm³/mol. The van der Waals surface area contributed by atoms with Gasteiger partial charge in [-0.05, 0) is 42.9 Å². The Kier molecular flexibility index (Phi) is 5.02. The Labute approximate surface area is 161 Å². The van der Waals surface area contributed by atoms with Crippen molar-refractivity contribution in [2.75, 3.05) is 11.9 Å². The Morgan fingerprint density at radius 3 is 2.78 bits per heavy atom. The van der Waals surface area contributed by atoms with Gasteiger partial charge in [0.1, 0.15) is 0 Å². The largest absolute Gasteiger partial charge is 0.377 e. The van der Waals surface area contributed by atoms with Crippen LogP contribution in [0, 0.1) is 12.8 Å². The second kappa shape index (κ2) is 7.59. The van der Waals surface area contributed by atoms with Crippen LogP contribution in [0.5, 0.6) is 0 Å². The first-order valence-corrected chi connectivity index (χ1v) is 10.1. The number of unbranched alkanes of at least 4 members (excludes halogenated alkanes) is 1. The van der Waals surface area contributed by atoms with Crippen molar-refractivity contribution in [3.63, 3.8) is 0 Å². The zero-order chi connectivity index (χ0) is 18.8. The fourth-order valence-electron chi connectivity index (χ4n) is 4.39. The lowest BCUT2D eigenvalue weighted by molar-refractivity contribution is 0.0953. The van der Waals surface area contributed by atoms with Gasteiger partial charge in [-0.15, -0.1) is 0 Å². The third kappa shape index (κ3) is 3.39. The van der Waals surface area contributed by atoms with Crippen LogP contribution < -0.4 is 10.6 Å². The number of amides is 1. The summed E-state index contributed by atoms with van der Waals surface area (Å²) in [6.07, 6.45) is 7.78. The molecule has 3 nitrogen and oxygen atoms in total. The van der Waals surface area contributed by atoms with E-state index in [1.165, 1.54) is 16.7 Å². The van der Waals surface area contributed by atoms with E-state index in [1.54, 1.807) is 0 Å². The van der Waals surface area contributed by atoms with E-state index >= 15 is 0 Å². The molecule has 27 heavy (non-hydrogen) atoms. The highest BCUT2D eigenvalue weighted by molar-refractivity contribution is 6.00. The van der Waals surface area contributed by atoms with Crippen LogP contribution in [-0.4, -0.2) is 12.5 Å². The van der Waals surface area contributed by atoms with Crippen molar-refractivity contribution in [1.29, 1.82) is 0 Å². The molecule has 0 radical (unpaired) electrons. The van der Waals surface area contributed by atoms with Gasteiger partial charge in [0.15, 0.2) is 0 Å². The van der Waals surface area contributed by atoms with E-state index in [4.69, 9.17) is 0 Å². The van der Waals surface area contributed by atoms with E-state index in [-0.39, 0.29) is 11.9 Å². The van der Waals surface area contributed by atoms with Crippen LogP contribution in [0.25, 0.3) is 0 Å². The SMILES string of the molecule is CCCCNC(=O)c1cccc2c1NC(c1ccc(C)cc1)C1CC=CC21. The van der Waals surface area contributed by atoms with Gasteiger partial charge in [0, 0.05) is 12.5 Å². The molecule has 0 saturated heterocycles. The molecule has 1 aliphatic heterocycles. The number of fused-ring (bicyclic) bond motifs is 3. The topological polar surface area (TPSA) is 41.1 Å². The van der Waals surface area contributed by atoms with E-state index < -0.39 is 0 Å². The number of hydrogen-bond acceptors (Lipinski definition) is 2. The van der Waals surface area contributed by atoms with Crippen LogP contribution in [0.3, 0.4) is 0 Å². The average Bonchev–Trinajstić information content (AvgIpc) is 3.18. The Bertz CT molecular complexity index is 853. The normalized spacial score (nSPS) is 22.7. The molecule has 3 unspecified atom stereocenters. The Morgan fingerprint density at radius 1 is 1.19 bits per heavy atom. The lowest BCUT2D eigenvalue weighted by Gasteiger charge is -2.38. The second-order valence-electron chi connectivity index (χ2n) is 7.77. The number of hydrogen-bond donors (Lipinski definition) is 2. The summed E-state index contributed by atoms with van der Waals surface area (Å²) in [4.78, 5) is 12.8. The Morgan fingerprint density at radius 2 is 2.00 bits per heavy atom. The molecular weight excluding hydrogens is 332 g/mol. The average molecular weight is 361 g/mol. The smallest absolute Gasteiger partial charge is 0.253 e. The lowest BCUT2D eigenvalue weighted by Crippen LogP contribution is -2.32. The van der Waals surface area contributed by atoms with Crippen LogP contribution in [0.2, 0.25) is 0 Å². The van der Waals surface area contributed by atoms with Gasteiger partial charge in [-0.3, -0.25) is 4.79 Å². The number of aryl methyl sites for hydroxylation is 1. The minimum atomic E-state index is 0.0240. The third-order valence-electron chi connectivity index (χ3n) is 5.89. The van der Waals surface area contributed by atoms with E-state index in [9.17, 15) is 4.79 Å². The van der Waals surface area contributed by atoms with Gasteiger partial charge in [-0.1, -0.05) is 67.5 Å². The third-order valence-corrected chi connectivity index (χ3v) is 5.89. The first kappa shape index (κ1) is 17.8. The Hall–Kier alpha value is -2.55. The van der Waals surface area contributed by atoms with Crippen LogP contribution in [-0.2, 0) is 0 Å². The first-order chi connectivity index (χ1) is 13.2. The van der Waals surface area contributed by atoms with Crippen molar-refractivity contribution in [2.24, 2.45) is 5.92 Å². The molecule has 0 spiro atoms. The van der Waals surface area contributed by atoms with Crippen molar-refractivity contribution < 1.29 is 4.79 Å². The number of allylic oxidation sites excluding steroid dienone is 2. The number of para-hydroxylation sites is 1. The Balaban J connectivity index is 1.70. The summed E-state index contributed by atoms with van der Waals surface area (Å²) in [5.74, 6) is 0.894. The van der Waals surface area contributed by atoms with E-state index in [0.717, 1.165) is 37.1 Å². The number of rotatable bonds is 5. The molecule has 2 aromatic carbocycles. The van der Waals surface area contributed by atoms with Crippen molar-refractivity contribution >= 4 is 11.6 Å². The van der Waals surface area contributed by atoms with Crippen molar-refractivity contribution in [3.8, 4) is 0 Å². The molecule has 0 saturated carbocycles. The summed E-state index contributed by atoms with van der Waals surface area (Å²) in [6.45, 7) is 4.98. The number of carbonyl (C=O) groups excluding carboxylic acids is 1. The van der Waals surface area contributed by atoms with E-state index in [2.05, 4.69) is 67.0 Å². The van der Waals surface area contributed by atoms with Gasteiger partial charge in [0.05, 0.1) is 17.3 Å². The van der Waals surface area contributed by atoms with Crippen molar-refractivity contribution in [3.05, 3.63) is 76.9 Å². The zero-order valence-corrected chi connectivity index (χ0v) is 16.2. The molecule has 140 valence electrons. The maximum atomic E-state index is 12.8. The quantitative estimate of drug-likeness (QED) is 0.557. The molecule has 2 N–H and O–H groups in total. The maximum Gasteiger partial charge on any atom is 0.253 e. The van der Waals surface area contributed by atoms with Crippen LogP contribution >= 0.6 is 0 Å². The molecule has 0 fully saturated rings. The molecule has 0 bridgehead atoms. The molecule has 2 aliphatic rings. The highest BCUT2D eigenvalue weighted by Crippen LogP contribution is 2.50. The van der Waals surface area contributed by atoms with Crippen molar-refractivity contribution in [2.45, 2.75) is 45.1 Å². The summed E-state index contributed by atoms with van der Waals surface area (Å²) in [5, 5.41) is 6.82. The molecular formula is C24H28N2O. The predicted octanol–water partition coefficient (Wildman–Crippen LogP) is 5.35. The van der Waals surface area contributed by atoms with Gasteiger partial charge < -0.3 is 10.6 Å². The molecule has 4 rings (SSSR count). The lowest BCUT2D eigenvalue weighted by atomic mass is 9.76. The summed E-state index contributed by atoms with van der Waals surface area (Å²) in [6, 6.07) is 15.1. The minimum absolute atomic E-state index is 0.0240. The number of nitrogens with one attached hydrogen (secondary N) is 2. The van der Waals surface area contributed by atoms with Gasteiger partial charge in [-0.25, -0.2) is 0 Å². The van der Waals surface area contributed by atoms with Crippen LogP contribution in [0.4, 0.5) is 5.69 Å². The summed E-state index contributed by atoms with van der Waals surface area (Å²) in [7, 11) is 0. The highest BCUT2D eigenvalue weighted by Gasteiger charge is 2.39. The fourth-order valence-corrected chi connectivity index (χ4v) is 4.39. The van der Waals surface area contributed by atoms with Gasteiger partial charge in [0.2, 0.25) is 0 Å². The minimum Gasteiger partial charge on any atom is -0.377 e. The van der Waals surface area contributed by atoms with Crippen LogP contribution in [0.1, 0.15) is 65.2 Å². The monoisotopic (exact) mass is 360 g/mol. The fraction of sp³-hybridized carbons (Fsp3) is 0.375. The number of benzene rings is 2. The van der Waals surface area contributed by atoms with E-state index in [0.29, 0.717) is 11.8 Å². The summed E-state index contributed by atoms with van der Waals surface area (Å²) in [5.41, 5.74) is 5.59. The molecule has 1 aliphatic carbocycles. The number of carbonyl (C=O) groups is 1. The van der Waals surface area contributed by atoms with Gasteiger partial charge in [0.25, 0.3) is 5.91 Å². The van der Waals surface area contributed by atoms with Crippen LogP contribution in [0.15, 0.2) is 54.6 Å². The number of anilines is 1. The van der Waals surface area contributed by atoms with E-state index in [1.807, 2.05) is 12.1 Å². The van der Waals surface area contributed by atoms with Gasteiger partial charge in [-0.2, -0.15) is 0 Å². The second-order valence-corrected chi connectivity index (χ2v) is 7.77. The standard InChI is InChI=1S/C24H28N2O/c1-3-4-15-25-24(27)21-10-6-9-20-18-7-5-8-19(18)22(26-23(20)21)17-13-11-16(2)12-14-17/h5-7,9-14,18-19,22,26H,3-4,8,15H2,1-2H3,(H,25,27). The molecule has 2 aromatic rings. The highest BCUT2D eigenvalue weighted by atomic mass is 16.1. The zero-order valence-electron chi connectivity index (χ0n) is 16.2. The summed E-state index contributed by atoms with van der Waals surface area (Å²) < 4.78 is 0. The first-order valence-electron chi connectivity index (χ1n) is 10.1. The molecule has 1 amide bonds. The van der Waals surface area contributed by atoms with Crippen molar-refractivity contribution in [1.82, 2.24) is 5.32 Å². The molecule has 0 aromatic heterocycles.